The molecule has 2 rings (SSSR count). The second-order valence-electron chi connectivity index (χ2n) is 6.54. The van der Waals surface area contributed by atoms with E-state index in [2.05, 4.69) is 43.6 Å². The number of fused-ring (bicyclic) bond motifs is 1. The fourth-order valence-corrected chi connectivity index (χ4v) is 3.51. The number of unbranched alkanes of at least 4 members (excludes halogenated alkanes) is 6. The first kappa shape index (κ1) is 16.3. The molecule has 1 heteroatoms. The smallest absolute Gasteiger partial charge is 0.189 e. The lowest BCUT2D eigenvalue weighted by atomic mass is 10.0. The van der Waals surface area contributed by atoms with Gasteiger partial charge in [0, 0.05) is 31.4 Å². The van der Waals surface area contributed by atoms with Crippen LogP contribution in [0.15, 0.2) is 12.1 Å². The van der Waals surface area contributed by atoms with Gasteiger partial charge in [-0.3, -0.25) is 0 Å². The van der Waals surface area contributed by atoms with Crippen molar-refractivity contribution in [2.24, 2.45) is 0 Å². The molecule has 0 radical (unpaired) electrons. The van der Waals surface area contributed by atoms with E-state index in [9.17, 15) is 0 Å². The molecule has 0 aliphatic carbocycles. The number of rotatable bonds is 8. The quantitative estimate of drug-likeness (QED) is 0.451. The molecule has 0 saturated carbocycles. The third-order valence-electron chi connectivity index (χ3n) is 4.72. The van der Waals surface area contributed by atoms with E-state index < -0.39 is 0 Å². The highest BCUT2D eigenvalue weighted by Gasteiger charge is 2.25. The molecule has 116 valence electrons. The fraction of sp³-hybridized carbons (Fsp3) is 0.650. The van der Waals surface area contributed by atoms with Crippen molar-refractivity contribution in [3.8, 4) is 0 Å². The molecule has 0 amide bonds. The Bertz CT molecular complexity index is 485. The summed E-state index contributed by atoms with van der Waals surface area (Å²) in [6.07, 6.45) is 16.9. The largest absolute Gasteiger partial charge is 0.199 e. The van der Waals surface area contributed by atoms with E-state index in [0.717, 1.165) is 0 Å². The van der Waals surface area contributed by atoms with Crippen LogP contribution in [0.25, 0.3) is 6.08 Å². The minimum atomic E-state index is 1.21. The van der Waals surface area contributed by atoms with Gasteiger partial charge < -0.3 is 0 Å². The van der Waals surface area contributed by atoms with Crippen LogP contribution in [0.3, 0.4) is 0 Å². The van der Waals surface area contributed by atoms with E-state index in [1.54, 1.807) is 5.69 Å². The van der Waals surface area contributed by atoms with Gasteiger partial charge in [-0.1, -0.05) is 51.2 Å². The van der Waals surface area contributed by atoms with Crippen molar-refractivity contribution < 1.29 is 4.57 Å². The highest BCUT2D eigenvalue weighted by atomic mass is 15.0. The standard InChI is InChI=1S/C20H32N/c1-4-5-6-7-8-9-10-11-13-19-17(2)16-18(3)21-15-12-14-20(19)21/h11,13,16H,4-10,12,14-15H2,1-3H3/q+1/b13-11+. The molecule has 21 heavy (non-hydrogen) atoms. The average molecular weight is 286 g/mol. The zero-order chi connectivity index (χ0) is 15.1. The number of allylic oxidation sites excluding steroid dienone is 1. The SMILES string of the molecule is CCCCCCCC/C=C/c1c(C)cc(C)[n+]2c1CCC2. The topological polar surface area (TPSA) is 3.88 Å². The van der Waals surface area contributed by atoms with Crippen LogP contribution >= 0.6 is 0 Å². The van der Waals surface area contributed by atoms with E-state index in [1.165, 1.54) is 81.2 Å². The van der Waals surface area contributed by atoms with Crippen molar-refractivity contribution in [3.05, 3.63) is 34.7 Å². The van der Waals surface area contributed by atoms with Crippen LogP contribution in [-0.2, 0) is 13.0 Å². The average Bonchev–Trinajstić information content (AvgIpc) is 2.94. The predicted molar refractivity (Wildman–Crippen MR) is 91.5 cm³/mol. The Morgan fingerprint density at radius 1 is 1.10 bits per heavy atom. The second kappa shape index (κ2) is 8.36. The summed E-state index contributed by atoms with van der Waals surface area (Å²) in [6.45, 7) is 7.99. The van der Waals surface area contributed by atoms with Crippen LogP contribution in [-0.4, -0.2) is 0 Å². The highest BCUT2D eigenvalue weighted by molar-refractivity contribution is 5.55. The minimum absolute atomic E-state index is 1.21. The second-order valence-corrected chi connectivity index (χ2v) is 6.54. The molecule has 1 aromatic rings. The molecule has 0 aromatic carbocycles. The van der Waals surface area contributed by atoms with Crippen LogP contribution in [0.2, 0.25) is 0 Å². The number of aryl methyl sites for hydroxylation is 2. The summed E-state index contributed by atoms with van der Waals surface area (Å²) in [7, 11) is 0. The first-order valence-electron chi connectivity index (χ1n) is 8.93. The number of pyridine rings is 1. The molecule has 1 aliphatic rings. The van der Waals surface area contributed by atoms with Crippen molar-refractivity contribution in [1.82, 2.24) is 0 Å². The number of nitrogens with zero attached hydrogens (tertiary/aromatic N) is 1. The lowest BCUT2D eigenvalue weighted by molar-refractivity contribution is -0.696. The van der Waals surface area contributed by atoms with Crippen molar-refractivity contribution in [1.29, 1.82) is 0 Å². The van der Waals surface area contributed by atoms with Gasteiger partial charge in [0.05, 0.1) is 0 Å². The van der Waals surface area contributed by atoms with Crippen LogP contribution < -0.4 is 4.57 Å². The molecular formula is C20H32N+. The van der Waals surface area contributed by atoms with Gasteiger partial charge in [0.25, 0.3) is 0 Å². The van der Waals surface area contributed by atoms with Gasteiger partial charge in [0.1, 0.15) is 6.54 Å². The zero-order valence-electron chi connectivity index (χ0n) is 14.3. The van der Waals surface area contributed by atoms with Crippen molar-refractivity contribution in [3.63, 3.8) is 0 Å². The maximum atomic E-state index is 2.51. The molecule has 0 spiro atoms. The highest BCUT2D eigenvalue weighted by Crippen LogP contribution is 2.20. The molecule has 1 aromatic heterocycles. The summed E-state index contributed by atoms with van der Waals surface area (Å²) in [4.78, 5) is 0. The van der Waals surface area contributed by atoms with Gasteiger partial charge in [0.2, 0.25) is 0 Å². The molecular weight excluding hydrogens is 254 g/mol. The maximum Gasteiger partial charge on any atom is 0.189 e. The Labute approximate surface area is 131 Å². The van der Waals surface area contributed by atoms with E-state index >= 15 is 0 Å². The summed E-state index contributed by atoms with van der Waals surface area (Å²) in [5, 5.41) is 0. The van der Waals surface area contributed by atoms with Crippen LogP contribution in [0.5, 0.6) is 0 Å². The van der Waals surface area contributed by atoms with Crippen LogP contribution in [0.1, 0.15) is 80.8 Å². The van der Waals surface area contributed by atoms with Gasteiger partial charge in [-0.05, 0) is 25.3 Å². The van der Waals surface area contributed by atoms with E-state index in [4.69, 9.17) is 0 Å². The first-order chi connectivity index (χ1) is 10.2. The lowest BCUT2D eigenvalue weighted by Crippen LogP contribution is -2.37. The Kier molecular flexibility index (Phi) is 6.48. The van der Waals surface area contributed by atoms with Gasteiger partial charge in [-0.2, -0.15) is 4.57 Å². The van der Waals surface area contributed by atoms with Gasteiger partial charge in [-0.25, -0.2) is 0 Å². The van der Waals surface area contributed by atoms with E-state index in [0.29, 0.717) is 0 Å². The zero-order valence-corrected chi connectivity index (χ0v) is 14.3. The van der Waals surface area contributed by atoms with E-state index in [-0.39, 0.29) is 0 Å². The van der Waals surface area contributed by atoms with Gasteiger partial charge in [-0.15, -0.1) is 0 Å². The Balaban J connectivity index is 1.86. The third kappa shape index (κ3) is 4.43. The maximum absolute atomic E-state index is 2.51. The van der Waals surface area contributed by atoms with Crippen molar-refractivity contribution in [2.45, 2.75) is 85.1 Å². The third-order valence-corrected chi connectivity index (χ3v) is 4.72. The van der Waals surface area contributed by atoms with Gasteiger partial charge >= 0.3 is 0 Å². The van der Waals surface area contributed by atoms with Gasteiger partial charge in [0.15, 0.2) is 11.4 Å². The summed E-state index contributed by atoms with van der Waals surface area (Å²) < 4.78 is 2.51. The molecule has 0 saturated heterocycles. The molecule has 1 nitrogen and oxygen atoms in total. The number of hydrogen-bond donors (Lipinski definition) is 0. The molecule has 0 unspecified atom stereocenters. The minimum Gasteiger partial charge on any atom is -0.199 e. The number of hydrogen-bond acceptors (Lipinski definition) is 0. The monoisotopic (exact) mass is 286 g/mol. The molecule has 1 aliphatic heterocycles. The first-order valence-corrected chi connectivity index (χ1v) is 8.93. The lowest BCUT2D eigenvalue weighted by Gasteiger charge is -2.05. The van der Waals surface area contributed by atoms with Crippen molar-refractivity contribution in [2.75, 3.05) is 0 Å². The summed E-state index contributed by atoms with van der Waals surface area (Å²) in [5.41, 5.74) is 5.92. The number of aromatic nitrogens is 1. The predicted octanol–water partition coefficient (Wildman–Crippen LogP) is 5.30. The Hall–Kier alpha value is -1.11. The fourth-order valence-electron chi connectivity index (χ4n) is 3.51. The summed E-state index contributed by atoms with van der Waals surface area (Å²) >= 11 is 0. The van der Waals surface area contributed by atoms with Crippen molar-refractivity contribution >= 4 is 6.08 Å². The van der Waals surface area contributed by atoms with E-state index in [1.807, 2.05) is 0 Å². The Morgan fingerprint density at radius 2 is 1.86 bits per heavy atom. The summed E-state index contributed by atoms with van der Waals surface area (Å²) in [6, 6.07) is 2.35. The Morgan fingerprint density at radius 3 is 2.67 bits per heavy atom. The molecule has 0 bridgehead atoms. The molecule has 0 N–H and O–H groups in total. The molecule has 0 fully saturated rings. The molecule has 0 atom stereocenters. The van der Waals surface area contributed by atoms with Crippen LogP contribution in [0, 0.1) is 13.8 Å². The normalized spacial score (nSPS) is 14.0. The summed E-state index contributed by atoms with van der Waals surface area (Å²) in [5.74, 6) is 0. The van der Waals surface area contributed by atoms with Crippen LogP contribution in [0.4, 0.5) is 0 Å². The molecule has 2 heterocycles.